The Balaban J connectivity index is 2.57. The topological polar surface area (TPSA) is 41.1 Å². The van der Waals surface area contributed by atoms with Crippen molar-refractivity contribution in [2.24, 2.45) is 0 Å². The standard InChI is InChI=1S/C5H8N2O/c1-6-5-2-4(8)3-7-5/h2,6-7H,3H2,1H3. The number of hydrogen-bond donors (Lipinski definition) is 2. The molecule has 1 rings (SSSR count). The molecule has 0 atom stereocenters. The molecule has 0 fully saturated rings. The fraction of sp³-hybridized carbons (Fsp3) is 0.400. The van der Waals surface area contributed by atoms with Crippen LogP contribution in [0.1, 0.15) is 0 Å². The van der Waals surface area contributed by atoms with Crippen LogP contribution in [0, 0.1) is 0 Å². The van der Waals surface area contributed by atoms with Gasteiger partial charge < -0.3 is 10.6 Å². The maximum Gasteiger partial charge on any atom is 0.178 e. The van der Waals surface area contributed by atoms with Gasteiger partial charge in [0.25, 0.3) is 0 Å². The lowest BCUT2D eigenvalue weighted by molar-refractivity contribution is -0.113. The van der Waals surface area contributed by atoms with E-state index in [1.54, 1.807) is 13.1 Å². The van der Waals surface area contributed by atoms with Crippen LogP contribution in [0.3, 0.4) is 0 Å². The normalized spacial score (nSPS) is 17.6. The molecule has 8 heavy (non-hydrogen) atoms. The predicted molar refractivity (Wildman–Crippen MR) is 30.2 cm³/mol. The van der Waals surface area contributed by atoms with Crippen molar-refractivity contribution in [3.8, 4) is 0 Å². The molecular formula is C5H8N2O. The monoisotopic (exact) mass is 112 g/mol. The molecule has 3 heteroatoms. The van der Waals surface area contributed by atoms with Crippen molar-refractivity contribution in [2.45, 2.75) is 0 Å². The van der Waals surface area contributed by atoms with Crippen molar-refractivity contribution >= 4 is 5.78 Å². The summed E-state index contributed by atoms with van der Waals surface area (Å²) in [5.41, 5.74) is 0. The summed E-state index contributed by atoms with van der Waals surface area (Å²) >= 11 is 0. The van der Waals surface area contributed by atoms with E-state index in [-0.39, 0.29) is 5.78 Å². The predicted octanol–water partition coefficient (Wildman–Crippen LogP) is -0.781. The van der Waals surface area contributed by atoms with Gasteiger partial charge in [0.15, 0.2) is 5.78 Å². The zero-order chi connectivity index (χ0) is 5.98. The highest BCUT2D eigenvalue weighted by molar-refractivity contribution is 5.94. The Morgan fingerprint density at radius 3 is 2.88 bits per heavy atom. The minimum Gasteiger partial charge on any atom is -0.375 e. The Kier molecular flexibility index (Phi) is 1.20. The first kappa shape index (κ1) is 5.15. The number of carbonyl (C=O) groups is 1. The SMILES string of the molecule is CNC1=CC(=O)CN1. The first-order valence-electron chi connectivity index (χ1n) is 2.49. The third-order valence-corrected chi connectivity index (χ3v) is 1.03. The van der Waals surface area contributed by atoms with Gasteiger partial charge in [0.2, 0.25) is 0 Å². The van der Waals surface area contributed by atoms with Crippen LogP contribution in [-0.2, 0) is 4.79 Å². The van der Waals surface area contributed by atoms with E-state index >= 15 is 0 Å². The second kappa shape index (κ2) is 1.86. The fourth-order valence-electron chi connectivity index (χ4n) is 0.606. The van der Waals surface area contributed by atoms with Gasteiger partial charge in [-0.2, -0.15) is 0 Å². The van der Waals surface area contributed by atoms with E-state index in [2.05, 4.69) is 10.6 Å². The first-order chi connectivity index (χ1) is 3.83. The highest BCUT2D eigenvalue weighted by Crippen LogP contribution is 1.90. The van der Waals surface area contributed by atoms with Gasteiger partial charge in [-0.1, -0.05) is 0 Å². The highest BCUT2D eigenvalue weighted by Gasteiger charge is 2.07. The summed E-state index contributed by atoms with van der Waals surface area (Å²) in [6.45, 7) is 0.441. The Hall–Kier alpha value is -0.990. The highest BCUT2D eigenvalue weighted by atomic mass is 16.1. The molecule has 1 aliphatic heterocycles. The van der Waals surface area contributed by atoms with Crippen molar-refractivity contribution in [1.29, 1.82) is 0 Å². The number of nitrogens with one attached hydrogen (secondary N) is 2. The molecule has 44 valence electrons. The zero-order valence-corrected chi connectivity index (χ0v) is 4.69. The molecule has 0 bridgehead atoms. The summed E-state index contributed by atoms with van der Waals surface area (Å²) < 4.78 is 0. The fourth-order valence-corrected chi connectivity index (χ4v) is 0.606. The minimum absolute atomic E-state index is 0.134. The quantitative estimate of drug-likeness (QED) is 0.467. The molecule has 0 aromatic rings. The molecule has 0 spiro atoms. The van der Waals surface area contributed by atoms with Gasteiger partial charge >= 0.3 is 0 Å². The van der Waals surface area contributed by atoms with Gasteiger partial charge in [-0.15, -0.1) is 0 Å². The molecule has 0 amide bonds. The van der Waals surface area contributed by atoms with Crippen LogP contribution in [0.2, 0.25) is 0 Å². The largest absolute Gasteiger partial charge is 0.375 e. The second-order valence-corrected chi connectivity index (χ2v) is 1.63. The third-order valence-electron chi connectivity index (χ3n) is 1.03. The van der Waals surface area contributed by atoms with Crippen LogP contribution in [-0.4, -0.2) is 19.4 Å². The molecular weight excluding hydrogens is 104 g/mol. The van der Waals surface area contributed by atoms with E-state index in [4.69, 9.17) is 0 Å². The summed E-state index contributed by atoms with van der Waals surface area (Å²) in [5.74, 6) is 0.948. The van der Waals surface area contributed by atoms with Gasteiger partial charge in [0.05, 0.1) is 6.54 Å². The van der Waals surface area contributed by atoms with Crippen molar-refractivity contribution in [2.75, 3.05) is 13.6 Å². The zero-order valence-electron chi connectivity index (χ0n) is 4.69. The van der Waals surface area contributed by atoms with Gasteiger partial charge in [0, 0.05) is 13.1 Å². The van der Waals surface area contributed by atoms with Crippen molar-refractivity contribution in [1.82, 2.24) is 10.6 Å². The van der Waals surface area contributed by atoms with E-state index < -0.39 is 0 Å². The van der Waals surface area contributed by atoms with Crippen LogP contribution < -0.4 is 10.6 Å². The maximum atomic E-state index is 10.4. The molecule has 1 heterocycles. The van der Waals surface area contributed by atoms with Crippen molar-refractivity contribution in [3.05, 3.63) is 11.9 Å². The number of carbonyl (C=O) groups excluding carboxylic acids is 1. The van der Waals surface area contributed by atoms with Crippen molar-refractivity contribution in [3.63, 3.8) is 0 Å². The molecule has 0 aromatic heterocycles. The summed E-state index contributed by atoms with van der Waals surface area (Å²) in [6, 6.07) is 0. The van der Waals surface area contributed by atoms with Crippen LogP contribution in [0.5, 0.6) is 0 Å². The lowest BCUT2D eigenvalue weighted by Gasteiger charge is -1.97. The van der Waals surface area contributed by atoms with E-state index in [1.807, 2.05) is 0 Å². The number of rotatable bonds is 1. The van der Waals surface area contributed by atoms with Crippen molar-refractivity contribution < 1.29 is 4.79 Å². The smallest absolute Gasteiger partial charge is 0.178 e. The summed E-state index contributed by atoms with van der Waals surface area (Å²) in [5, 5.41) is 5.68. The number of ketones is 1. The lowest BCUT2D eigenvalue weighted by atomic mass is 10.4. The summed E-state index contributed by atoms with van der Waals surface area (Å²) in [6.07, 6.45) is 1.56. The minimum atomic E-state index is 0.134. The van der Waals surface area contributed by atoms with Crippen LogP contribution in [0.25, 0.3) is 0 Å². The molecule has 0 saturated carbocycles. The van der Waals surface area contributed by atoms with E-state index in [9.17, 15) is 4.79 Å². The number of hydrogen-bond acceptors (Lipinski definition) is 3. The Labute approximate surface area is 47.8 Å². The van der Waals surface area contributed by atoms with Gasteiger partial charge in [0.1, 0.15) is 5.82 Å². The van der Waals surface area contributed by atoms with Gasteiger partial charge in [-0.05, 0) is 0 Å². The summed E-state index contributed by atoms with van der Waals surface area (Å²) in [4.78, 5) is 10.4. The van der Waals surface area contributed by atoms with Gasteiger partial charge in [-0.25, -0.2) is 0 Å². The Morgan fingerprint density at radius 2 is 2.62 bits per heavy atom. The van der Waals surface area contributed by atoms with E-state index in [1.165, 1.54) is 0 Å². The molecule has 2 N–H and O–H groups in total. The molecule has 0 unspecified atom stereocenters. The average molecular weight is 112 g/mol. The van der Waals surface area contributed by atoms with Crippen LogP contribution in [0.15, 0.2) is 11.9 Å². The average Bonchev–Trinajstić information content (AvgIpc) is 2.14. The first-order valence-corrected chi connectivity index (χ1v) is 2.49. The summed E-state index contributed by atoms with van der Waals surface area (Å²) in [7, 11) is 1.78. The third kappa shape index (κ3) is 0.804. The van der Waals surface area contributed by atoms with Crippen LogP contribution in [0.4, 0.5) is 0 Å². The van der Waals surface area contributed by atoms with E-state index in [0.29, 0.717) is 6.54 Å². The van der Waals surface area contributed by atoms with Gasteiger partial charge in [-0.3, -0.25) is 4.79 Å². The molecule has 3 nitrogen and oxygen atoms in total. The Morgan fingerprint density at radius 1 is 1.88 bits per heavy atom. The molecule has 0 saturated heterocycles. The second-order valence-electron chi connectivity index (χ2n) is 1.63. The lowest BCUT2D eigenvalue weighted by Crippen LogP contribution is -2.19. The van der Waals surface area contributed by atoms with E-state index in [0.717, 1.165) is 5.82 Å². The maximum absolute atomic E-state index is 10.4. The molecule has 0 aromatic carbocycles. The molecule has 0 aliphatic carbocycles. The van der Waals surface area contributed by atoms with Crippen LogP contribution >= 0.6 is 0 Å². The molecule has 0 radical (unpaired) electrons. The Bertz CT molecular complexity index is 139. The molecule has 1 aliphatic rings.